The van der Waals surface area contributed by atoms with Gasteiger partial charge in [0.2, 0.25) is 0 Å². The van der Waals surface area contributed by atoms with Crippen LogP contribution in [-0.2, 0) is 4.79 Å². The summed E-state index contributed by atoms with van der Waals surface area (Å²) in [7, 11) is 0. The highest BCUT2D eigenvalue weighted by Gasteiger charge is 2.29. The second-order valence-electron chi connectivity index (χ2n) is 5.75. The topological polar surface area (TPSA) is 17.1 Å². The van der Waals surface area contributed by atoms with Crippen LogP contribution in [0.3, 0.4) is 0 Å². The van der Waals surface area contributed by atoms with Crippen LogP contribution in [0.2, 0.25) is 0 Å². The molecule has 0 aromatic rings. The van der Waals surface area contributed by atoms with Crippen LogP contribution in [0, 0.1) is 29.6 Å². The van der Waals surface area contributed by atoms with Crippen molar-refractivity contribution >= 4 is 5.78 Å². The van der Waals surface area contributed by atoms with Gasteiger partial charge in [-0.3, -0.25) is 9.18 Å². The molecule has 0 spiro atoms. The molecule has 0 bridgehead atoms. The van der Waals surface area contributed by atoms with Crippen LogP contribution in [0.15, 0.2) is 0 Å². The molecule has 2 aliphatic rings. The van der Waals surface area contributed by atoms with Gasteiger partial charge in [-0.2, -0.15) is 0 Å². The maximum atomic E-state index is 12.0. The largest absolute Gasteiger partial charge is 0.300 e. The van der Waals surface area contributed by atoms with Gasteiger partial charge in [0.1, 0.15) is 12.5 Å². The number of alkyl halides is 1. The highest BCUT2D eigenvalue weighted by Crippen LogP contribution is 2.39. The molecule has 0 amide bonds. The molecule has 0 heterocycles. The smallest absolute Gasteiger partial charge is 0.132 e. The summed E-state index contributed by atoms with van der Waals surface area (Å²) in [6.07, 6.45) is 9.10. The quantitative estimate of drug-likeness (QED) is 0.679. The van der Waals surface area contributed by atoms with E-state index in [1.165, 1.54) is 25.7 Å². The van der Waals surface area contributed by atoms with E-state index in [2.05, 4.69) is 11.8 Å². The summed E-state index contributed by atoms with van der Waals surface area (Å²) in [5.41, 5.74) is 0. The number of carbonyl (C=O) groups excluding carboxylic acids is 1. The van der Waals surface area contributed by atoms with E-state index in [4.69, 9.17) is 0 Å². The van der Waals surface area contributed by atoms with Gasteiger partial charge < -0.3 is 0 Å². The van der Waals surface area contributed by atoms with Gasteiger partial charge in [0, 0.05) is 25.2 Å². The molecule has 0 N–H and O–H groups in total. The highest BCUT2D eigenvalue weighted by atomic mass is 19.1. The van der Waals surface area contributed by atoms with Crippen molar-refractivity contribution in [3.8, 4) is 11.8 Å². The van der Waals surface area contributed by atoms with Gasteiger partial charge >= 0.3 is 0 Å². The maximum Gasteiger partial charge on any atom is 0.132 e. The van der Waals surface area contributed by atoms with Crippen LogP contribution >= 0.6 is 0 Å². The van der Waals surface area contributed by atoms with Crippen molar-refractivity contribution in [2.45, 2.75) is 57.8 Å². The van der Waals surface area contributed by atoms with Crippen LogP contribution in [-0.4, -0.2) is 12.5 Å². The van der Waals surface area contributed by atoms with Crippen LogP contribution in [0.25, 0.3) is 0 Å². The van der Waals surface area contributed by atoms with Crippen molar-refractivity contribution < 1.29 is 9.18 Å². The average Bonchev–Trinajstić information content (AvgIpc) is 2.41. The summed E-state index contributed by atoms with van der Waals surface area (Å²) in [4.78, 5) is 11.2. The van der Waals surface area contributed by atoms with E-state index >= 15 is 0 Å². The molecule has 0 radical (unpaired) electrons. The van der Waals surface area contributed by atoms with Gasteiger partial charge in [-0.25, -0.2) is 0 Å². The zero-order valence-corrected chi connectivity index (χ0v) is 11.1. The molecule has 0 aliphatic heterocycles. The monoisotopic (exact) mass is 250 g/mol. The Bertz CT molecular complexity index is 321. The van der Waals surface area contributed by atoms with Crippen LogP contribution in [0.1, 0.15) is 57.8 Å². The van der Waals surface area contributed by atoms with Crippen molar-refractivity contribution in [1.29, 1.82) is 0 Å². The van der Waals surface area contributed by atoms with Crippen molar-refractivity contribution in [3.63, 3.8) is 0 Å². The summed E-state index contributed by atoms with van der Waals surface area (Å²) in [5.74, 6) is 8.69. The first-order chi connectivity index (χ1) is 8.79. The Morgan fingerprint density at radius 1 is 1.00 bits per heavy atom. The van der Waals surface area contributed by atoms with E-state index in [0.717, 1.165) is 37.5 Å². The Hall–Kier alpha value is -0.840. The lowest BCUT2D eigenvalue weighted by Gasteiger charge is -2.34. The molecule has 2 fully saturated rings. The first kappa shape index (κ1) is 13.6. The summed E-state index contributed by atoms with van der Waals surface area (Å²) >= 11 is 0. The number of hydrogen-bond acceptors (Lipinski definition) is 1. The third-order valence-corrected chi connectivity index (χ3v) is 4.55. The van der Waals surface area contributed by atoms with Gasteiger partial charge in [0.05, 0.1) is 0 Å². The normalized spacial score (nSPS) is 29.7. The zero-order chi connectivity index (χ0) is 12.8. The van der Waals surface area contributed by atoms with Crippen molar-refractivity contribution in [3.05, 3.63) is 0 Å². The standard InChI is InChI=1S/C16H23FO/c17-12-2-1-3-13-4-6-14(7-5-13)15-8-10-16(18)11-9-15/h13-15H,2,4-12H2. The minimum atomic E-state index is -0.321. The maximum absolute atomic E-state index is 12.0. The second kappa shape index (κ2) is 6.92. The van der Waals surface area contributed by atoms with E-state index in [1.807, 2.05) is 0 Å². The zero-order valence-electron chi connectivity index (χ0n) is 11.1. The Morgan fingerprint density at radius 2 is 1.61 bits per heavy atom. The first-order valence-corrected chi connectivity index (χ1v) is 7.35. The number of hydrogen-bond donors (Lipinski definition) is 0. The summed E-state index contributed by atoms with van der Waals surface area (Å²) in [5, 5.41) is 0. The molecule has 100 valence electrons. The summed E-state index contributed by atoms with van der Waals surface area (Å²) in [6, 6.07) is 0. The molecule has 0 unspecified atom stereocenters. The van der Waals surface area contributed by atoms with Crippen molar-refractivity contribution in [2.24, 2.45) is 17.8 Å². The van der Waals surface area contributed by atoms with Crippen molar-refractivity contribution in [2.75, 3.05) is 6.67 Å². The molecule has 2 heteroatoms. The number of halogens is 1. The summed E-state index contributed by atoms with van der Waals surface area (Å²) in [6.45, 7) is -0.321. The first-order valence-electron chi connectivity index (χ1n) is 7.35. The molecule has 2 rings (SSSR count). The van der Waals surface area contributed by atoms with E-state index in [0.29, 0.717) is 18.1 Å². The molecule has 2 saturated carbocycles. The Morgan fingerprint density at radius 3 is 2.22 bits per heavy atom. The molecule has 2 aliphatic carbocycles. The molecule has 18 heavy (non-hydrogen) atoms. The number of Topliss-reactive ketones (excluding diaryl/α,β-unsaturated/α-hetero) is 1. The van der Waals surface area contributed by atoms with Crippen LogP contribution in [0.4, 0.5) is 4.39 Å². The molecule has 1 nitrogen and oxygen atoms in total. The highest BCUT2D eigenvalue weighted by molar-refractivity contribution is 5.79. The lowest BCUT2D eigenvalue weighted by atomic mass is 9.71. The summed E-state index contributed by atoms with van der Waals surface area (Å²) < 4.78 is 12.0. The Kier molecular flexibility index (Phi) is 5.23. The lowest BCUT2D eigenvalue weighted by Crippen LogP contribution is -2.25. The molecular formula is C16H23FO. The fourth-order valence-electron chi connectivity index (χ4n) is 3.43. The van der Waals surface area contributed by atoms with Gasteiger partial charge in [-0.05, 0) is 50.4 Å². The third-order valence-electron chi connectivity index (χ3n) is 4.55. The molecule has 0 saturated heterocycles. The van der Waals surface area contributed by atoms with Crippen molar-refractivity contribution in [1.82, 2.24) is 0 Å². The van der Waals surface area contributed by atoms with Gasteiger partial charge in [0.25, 0.3) is 0 Å². The fourth-order valence-corrected chi connectivity index (χ4v) is 3.43. The molecule has 0 aromatic heterocycles. The molecule has 0 atom stereocenters. The number of rotatable bonds is 2. The minimum Gasteiger partial charge on any atom is -0.300 e. The molecule has 0 aromatic carbocycles. The van der Waals surface area contributed by atoms with E-state index in [9.17, 15) is 9.18 Å². The van der Waals surface area contributed by atoms with E-state index < -0.39 is 0 Å². The fraction of sp³-hybridized carbons (Fsp3) is 0.812. The SMILES string of the molecule is O=C1CCC(C2CCC(C#CCCF)CC2)CC1. The predicted molar refractivity (Wildman–Crippen MR) is 70.8 cm³/mol. The van der Waals surface area contributed by atoms with Gasteiger partial charge in [-0.1, -0.05) is 5.92 Å². The van der Waals surface area contributed by atoms with E-state index in [1.54, 1.807) is 0 Å². The third kappa shape index (κ3) is 3.83. The predicted octanol–water partition coefficient (Wildman–Crippen LogP) is 3.92. The second-order valence-corrected chi connectivity index (χ2v) is 5.75. The Balaban J connectivity index is 1.73. The molecular weight excluding hydrogens is 227 g/mol. The van der Waals surface area contributed by atoms with Gasteiger partial charge in [0.15, 0.2) is 0 Å². The number of ketones is 1. The van der Waals surface area contributed by atoms with Crippen LogP contribution < -0.4 is 0 Å². The average molecular weight is 250 g/mol. The number of carbonyl (C=O) groups is 1. The van der Waals surface area contributed by atoms with Crippen LogP contribution in [0.5, 0.6) is 0 Å². The lowest BCUT2D eigenvalue weighted by molar-refractivity contribution is -0.121. The Labute approximate surface area is 110 Å². The van der Waals surface area contributed by atoms with E-state index in [-0.39, 0.29) is 6.67 Å². The van der Waals surface area contributed by atoms with Gasteiger partial charge in [-0.15, -0.1) is 5.92 Å². The minimum absolute atomic E-state index is 0.321.